The summed E-state index contributed by atoms with van der Waals surface area (Å²) in [7, 11) is 0. The summed E-state index contributed by atoms with van der Waals surface area (Å²) in [5.41, 5.74) is 0.276. The fourth-order valence-electron chi connectivity index (χ4n) is 5.49. The molecule has 1 saturated heterocycles. The molecule has 0 bridgehead atoms. The Hall–Kier alpha value is 1.05. The molecule has 0 aromatic heterocycles. The van der Waals surface area contributed by atoms with Crippen LogP contribution in [0.2, 0.25) is 26.3 Å². The van der Waals surface area contributed by atoms with E-state index in [1.54, 1.807) is 26.3 Å². The molecule has 0 N–H and O–H groups in total. The van der Waals surface area contributed by atoms with Crippen molar-refractivity contribution in [2.75, 3.05) is 0 Å². The molecule has 0 saturated carbocycles. The maximum absolute atomic E-state index is 7.56. The average Bonchev–Trinajstić information content (AvgIpc) is 2.61. The summed E-state index contributed by atoms with van der Waals surface area (Å²) in [6, 6.07) is 0. The van der Waals surface area contributed by atoms with Crippen LogP contribution in [0.4, 0.5) is 0 Å². The number of unbranched alkanes of at least 4 members (excludes halogenated alkanes) is 2. The van der Waals surface area contributed by atoms with Crippen molar-refractivity contribution in [1.29, 1.82) is 0 Å². The van der Waals surface area contributed by atoms with Gasteiger partial charge in [0.2, 0.25) is 0 Å². The monoisotopic (exact) mass is 462 g/mol. The summed E-state index contributed by atoms with van der Waals surface area (Å²) in [5, 5.41) is 8.03. The molecular weight excluding hydrogens is 413 g/mol. The van der Waals surface area contributed by atoms with E-state index in [1.807, 2.05) is 0 Å². The quantitative estimate of drug-likeness (QED) is 0.270. The minimum absolute atomic E-state index is 0.276. The third-order valence-electron chi connectivity index (χ3n) is 7.05. The molecule has 0 aromatic carbocycles. The first-order chi connectivity index (χ1) is 11.5. The Morgan fingerprint density at radius 2 is 1.21 bits per heavy atom. The molecular formula is C21H46Ge2O. The van der Waals surface area contributed by atoms with Crippen molar-refractivity contribution >= 4 is 22.9 Å². The van der Waals surface area contributed by atoms with Crippen LogP contribution in [0.25, 0.3) is 0 Å². The Bertz CT molecular complexity index is 325. The Labute approximate surface area is 157 Å². The zero-order valence-electron chi connectivity index (χ0n) is 17.8. The van der Waals surface area contributed by atoms with E-state index in [2.05, 4.69) is 41.5 Å². The molecule has 1 aliphatic heterocycles. The van der Waals surface area contributed by atoms with Gasteiger partial charge in [-0.2, -0.15) is 0 Å². The van der Waals surface area contributed by atoms with Crippen molar-refractivity contribution in [3.63, 3.8) is 0 Å². The van der Waals surface area contributed by atoms with Gasteiger partial charge in [-0.25, -0.2) is 0 Å². The molecule has 0 spiro atoms. The van der Waals surface area contributed by atoms with Gasteiger partial charge in [0.15, 0.2) is 0 Å². The van der Waals surface area contributed by atoms with E-state index in [-0.39, 0.29) is 5.60 Å². The van der Waals surface area contributed by atoms with Crippen LogP contribution in [0.15, 0.2) is 0 Å². The first-order valence-corrected chi connectivity index (χ1v) is 26.0. The topological polar surface area (TPSA) is 9.23 Å². The van der Waals surface area contributed by atoms with Gasteiger partial charge in [-0.1, -0.05) is 0 Å². The van der Waals surface area contributed by atoms with Gasteiger partial charge in [0.25, 0.3) is 0 Å². The maximum atomic E-state index is 7.56. The Kier molecular flexibility index (Phi) is 10.6. The first kappa shape index (κ1) is 23.1. The van der Waals surface area contributed by atoms with Crippen molar-refractivity contribution in [2.24, 2.45) is 0 Å². The molecule has 0 amide bonds. The second-order valence-corrected chi connectivity index (χ2v) is 45.2. The van der Waals surface area contributed by atoms with Crippen molar-refractivity contribution < 1.29 is 3.76 Å². The molecule has 1 rings (SSSR count). The van der Waals surface area contributed by atoms with Crippen LogP contribution < -0.4 is 0 Å². The standard InChI is InChI=1S/C21H46Ge2O/c1-7-13-18-23(19-14-8-2)22(16-9-3,17-10-4)20-15-21(11-5,12-6)24-23/h7-20H2,1-6H3. The van der Waals surface area contributed by atoms with E-state index >= 15 is 0 Å². The zero-order valence-corrected chi connectivity index (χ0v) is 22.0. The summed E-state index contributed by atoms with van der Waals surface area (Å²) in [5.74, 6) is 0. The van der Waals surface area contributed by atoms with Crippen LogP contribution >= 0.6 is 0 Å². The fraction of sp³-hybridized carbons (Fsp3) is 1.00. The molecule has 0 aromatic rings. The van der Waals surface area contributed by atoms with Gasteiger partial charge >= 0.3 is 158 Å². The molecule has 3 heteroatoms. The van der Waals surface area contributed by atoms with Gasteiger partial charge in [-0.05, 0) is 0 Å². The number of hydrogen-bond donors (Lipinski definition) is 0. The molecule has 1 heterocycles. The Balaban J connectivity index is 3.30. The SMILES string of the molecule is CCC[CH2][Ge]1([CH2]CCC)[O]C(CC)(CC)C[CH2][Ge]1([CH2]CC)[CH2]CC. The molecule has 0 aliphatic carbocycles. The zero-order chi connectivity index (χ0) is 18.1. The third kappa shape index (κ3) is 5.06. The van der Waals surface area contributed by atoms with Crippen LogP contribution in [-0.4, -0.2) is 28.5 Å². The second-order valence-electron chi connectivity index (χ2n) is 8.47. The van der Waals surface area contributed by atoms with E-state index in [4.69, 9.17) is 3.76 Å². The third-order valence-corrected chi connectivity index (χ3v) is 62.2. The van der Waals surface area contributed by atoms with E-state index in [0.29, 0.717) is 0 Å². The molecule has 1 fully saturated rings. The van der Waals surface area contributed by atoms with E-state index in [1.165, 1.54) is 57.8 Å². The molecule has 0 atom stereocenters. The molecule has 0 radical (unpaired) electrons. The summed E-state index contributed by atoms with van der Waals surface area (Å²) >= 11 is -4.01. The van der Waals surface area contributed by atoms with Crippen molar-refractivity contribution in [2.45, 2.75) is 131 Å². The summed E-state index contributed by atoms with van der Waals surface area (Å²) in [6.07, 6.45) is 12.4. The van der Waals surface area contributed by atoms with E-state index in [9.17, 15) is 0 Å². The van der Waals surface area contributed by atoms with Crippen LogP contribution in [-0.2, 0) is 3.76 Å². The minimum atomic E-state index is -2.19. The summed E-state index contributed by atoms with van der Waals surface area (Å²) < 4.78 is 7.56. The first-order valence-electron chi connectivity index (χ1n) is 11.2. The summed E-state index contributed by atoms with van der Waals surface area (Å²) in [4.78, 5) is 0. The number of rotatable bonds is 12. The van der Waals surface area contributed by atoms with Gasteiger partial charge in [-0.3, -0.25) is 0 Å². The molecule has 144 valence electrons. The van der Waals surface area contributed by atoms with E-state index < -0.39 is 22.9 Å². The van der Waals surface area contributed by atoms with E-state index in [0.717, 1.165) is 0 Å². The van der Waals surface area contributed by atoms with Crippen LogP contribution in [0.3, 0.4) is 0 Å². The second kappa shape index (κ2) is 11.0. The van der Waals surface area contributed by atoms with Crippen LogP contribution in [0.5, 0.6) is 0 Å². The van der Waals surface area contributed by atoms with Crippen molar-refractivity contribution in [3.05, 3.63) is 0 Å². The van der Waals surface area contributed by atoms with Gasteiger partial charge < -0.3 is 0 Å². The van der Waals surface area contributed by atoms with Gasteiger partial charge in [-0.15, -0.1) is 0 Å². The van der Waals surface area contributed by atoms with Gasteiger partial charge in [0.1, 0.15) is 0 Å². The Morgan fingerprint density at radius 1 is 0.708 bits per heavy atom. The van der Waals surface area contributed by atoms with Crippen molar-refractivity contribution in [1.82, 2.24) is 0 Å². The fourth-order valence-corrected chi connectivity index (χ4v) is 67.8. The summed E-state index contributed by atoms with van der Waals surface area (Å²) in [6.45, 7) is 14.5. The van der Waals surface area contributed by atoms with Gasteiger partial charge in [0, 0.05) is 0 Å². The predicted molar refractivity (Wildman–Crippen MR) is 115 cm³/mol. The van der Waals surface area contributed by atoms with Gasteiger partial charge in [0.05, 0.1) is 0 Å². The molecule has 1 nitrogen and oxygen atoms in total. The molecule has 1 aliphatic rings. The van der Waals surface area contributed by atoms with Crippen molar-refractivity contribution in [3.8, 4) is 0 Å². The molecule has 0 unspecified atom stereocenters. The molecule has 24 heavy (non-hydrogen) atoms. The van der Waals surface area contributed by atoms with Crippen LogP contribution in [0.1, 0.15) is 99.3 Å². The predicted octanol–water partition coefficient (Wildman–Crippen LogP) is 7.86. The normalized spacial score (nSPS) is 21.8. The Morgan fingerprint density at radius 3 is 1.58 bits per heavy atom. The number of hydrogen-bond acceptors (Lipinski definition) is 1. The van der Waals surface area contributed by atoms with Crippen LogP contribution in [0, 0.1) is 0 Å². The average molecular weight is 460 g/mol.